The topological polar surface area (TPSA) is 6.48 Å². The molecule has 2 saturated heterocycles. The van der Waals surface area contributed by atoms with E-state index in [9.17, 15) is 0 Å². The van der Waals surface area contributed by atoms with Crippen molar-refractivity contribution in [3.63, 3.8) is 0 Å². The van der Waals surface area contributed by atoms with Crippen LogP contribution in [0, 0.1) is 0 Å². The highest BCUT2D eigenvalue weighted by molar-refractivity contribution is 5.64. The van der Waals surface area contributed by atoms with Gasteiger partial charge in [0.1, 0.15) is 0 Å². The van der Waals surface area contributed by atoms with E-state index in [4.69, 9.17) is 0 Å². The number of hydrogen-bond acceptors (Lipinski definition) is 2. The second-order valence-electron chi connectivity index (χ2n) is 6.72. The number of rotatable bonds is 3. The smallest absolute Gasteiger partial charge is 0.0413 e. The number of piperidine rings is 1. The first-order chi connectivity index (χ1) is 10.8. The van der Waals surface area contributed by atoms with Gasteiger partial charge >= 0.3 is 0 Å². The summed E-state index contributed by atoms with van der Waals surface area (Å²) in [7, 11) is 2.31. The van der Waals surface area contributed by atoms with Crippen molar-refractivity contribution in [1.29, 1.82) is 0 Å². The quantitative estimate of drug-likeness (QED) is 0.824. The van der Waals surface area contributed by atoms with Crippen molar-refractivity contribution in [3.05, 3.63) is 60.7 Å². The highest BCUT2D eigenvalue weighted by Gasteiger charge is 2.40. The fourth-order valence-corrected chi connectivity index (χ4v) is 4.34. The SMILES string of the molecule is CN1[C@@H]2CC[C@H]1CC(N(c1ccccc1)c1ccccc1)C2. The lowest BCUT2D eigenvalue weighted by Crippen LogP contribution is -2.47. The number of nitrogens with zero attached hydrogens (tertiary/aromatic N) is 2. The Balaban J connectivity index is 1.69. The van der Waals surface area contributed by atoms with Gasteiger partial charge in [-0.25, -0.2) is 0 Å². The Hall–Kier alpha value is -1.80. The summed E-state index contributed by atoms with van der Waals surface area (Å²) in [5.74, 6) is 0. The lowest BCUT2D eigenvalue weighted by Gasteiger charge is -2.43. The second kappa shape index (κ2) is 5.77. The number of benzene rings is 2. The van der Waals surface area contributed by atoms with Gasteiger partial charge in [0.15, 0.2) is 0 Å². The van der Waals surface area contributed by atoms with Gasteiger partial charge in [0, 0.05) is 29.5 Å². The molecule has 0 aromatic heterocycles. The van der Waals surface area contributed by atoms with E-state index in [0.29, 0.717) is 6.04 Å². The molecule has 0 N–H and O–H groups in total. The van der Waals surface area contributed by atoms with Gasteiger partial charge < -0.3 is 9.80 Å². The first-order valence-corrected chi connectivity index (χ1v) is 8.44. The van der Waals surface area contributed by atoms with Crippen molar-refractivity contribution in [2.75, 3.05) is 11.9 Å². The Morgan fingerprint density at radius 3 is 1.68 bits per heavy atom. The van der Waals surface area contributed by atoms with Crippen LogP contribution in [0.3, 0.4) is 0 Å². The van der Waals surface area contributed by atoms with Gasteiger partial charge in [-0.3, -0.25) is 0 Å². The monoisotopic (exact) mass is 292 g/mol. The predicted molar refractivity (Wildman–Crippen MR) is 92.6 cm³/mol. The van der Waals surface area contributed by atoms with E-state index in [1.807, 2.05) is 0 Å². The van der Waals surface area contributed by atoms with Crippen LogP contribution in [0.5, 0.6) is 0 Å². The molecule has 3 atom stereocenters. The molecule has 1 unspecified atom stereocenters. The molecule has 0 spiro atoms. The summed E-state index contributed by atoms with van der Waals surface area (Å²) in [6.45, 7) is 0. The molecule has 2 bridgehead atoms. The Morgan fingerprint density at radius 1 is 0.773 bits per heavy atom. The van der Waals surface area contributed by atoms with E-state index in [1.165, 1.54) is 37.1 Å². The minimum absolute atomic E-state index is 0.610. The van der Waals surface area contributed by atoms with Crippen LogP contribution in [0.4, 0.5) is 11.4 Å². The van der Waals surface area contributed by atoms with Crippen LogP contribution in [0.25, 0.3) is 0 Å². The third-order valence-electron chi connectivity index (χ3n) is 5.51. The first-order valence-electron chi connectivity index (χ1n) is 8.44. The molecule has 22 heavy (non-hydrogen) atoms. The van der Waals surface area contributed by atoms with Crippen molar-refractivity contribution >= 4 is 11.4 Å². The lowest BCUT2D eigenvalue weighted by atomic mass is 9.95. The largest absolute Gasteiger partial charge is 0.338 e. The maximum Gasteiger partial charge on any atom is 0.0413 e. The summed E-state index contributed by atoms with van der Waals surface area (Å²) < 4.78 is 0. The normalized spacial score (nSPS) is 27.8. The minimum atomic E-state index is 0.610. The molecular formula is C20H24N2. The molecule has 2 nitrogen and oxygen atoms in total. The van der Waals surface area contributed by atoms with Crippen molar-refractivity contribution in [1.82, 2.24) is 4.90 Å². The summed E-state index contributed by atoms with van der Waals surface area (Å²) in [5.41, 5.74) is 2.64. The summed E-state index contributed by atoms with van der Waals surface area (Å²) in [6.07, 6.45) is 5.29. The zero-order chi connectivity index (χ0) is 14.9. The van der Waals surface area contributed by atoms with E-state index in [2.05, 4.69) is 77.5 Å². The van der Waals surface area contributed by atoms with Crippen molar-refractivity contribution in [2.24, 2.45) is 0 Å². The lowest BCUT2D eigenvalue weighted by molar-refractivity contribution is 0.162. The molecule has 2 aromatic carbocycles. The van der Waals surface area contributed by atoms with Crippen LogP contribution in [-0.2, 0) is 0 Å². The van der Waals surface area contributed by atoms with Gasteiger partial charge in [0.05, 0.1) is 0 Å². The number of anilines is 2. The highest BCUT2D eigenvalue weighted by Crippen LogP contribution is 2.40. The fraction of sp³-hybridized carbons (Fsp3) is 0.400. The molecule has 0 radical (unpaired) electrons. The molecule has 114 valence electrons. The average Bonchev–Trinajstić information content (AvgIpc) is 2.78. The molecule has 4 rings (SSSR count). The zero-order valence-corrected chi connectivity index (χ0v) is 13.2. The van der Waals surface area contributed by atoms with Crippen LogP contribution in [0.2, 0.25) is 0 Å². The highest BCUT2D eigenvalue weighted by atomic mass is 15.2. The minimum Gasteiger partial charge on any atom is -0.338 e. The Kier molecular flexibility index (Phi) is 3.63. The van der Waals surface area contributed by atoms with E-state index in [1.54, 1.807) is 0 Å². The maximum absolute atomic E-state index is 2.62. The molecule has 2 heteroatoms. The Bertz CT molecular complexity index is 557. The fourth-order valence-electron chi connectivity index (χ4n) is 4.34. The third-order valence-corrected chi connectivity index (χ3v) is 5.51. The van der Waals surface area contributed by atoms with Gasteiger partial charge in [-0.15, -0.1) is 0 Å². The van der Waals surface area contributed by atoms with Crippen LogP contribution in [-0.4, -0.2) is 30.1 Å². The van der Waals surface area contributed by atoms with Gasteiger partial charge in [-0.2, -0.15) is 0 Å². The van der Waals surface area contributed by atoms with Gasteiger partial charge in [0.25, 0.3) is 0 Å². The first kappa shape index (κ1) is 13.8. The molecule has 2 aliphatic rings. The van der Waals surface area contributed by atoms with Gasteiger partial charge in [-0.05, 0) is 57.0 Å². The summed E-state index contributed by atoms with van der Waals surface area (Å²) in [4.78, 5) is 5.18. The van der Waals surface area contributed by atoms with Crippen LogP contribution in [0.1, 0.15) is 25.7 Å². The molecule has 0 saturated carbocycles. The predicted octanol–water partition coefficient (Wildman–Crippen LogP) is 4.45. The van der Waals surface area contributed by atoms with Gasteiger partial charge in [0.2, 0.25) is 0 Å². The van der Waals surface area contributed by atoms with Crippen molar-refractivity contribution < 1.29 is 0 Å². The molecule has 2 aliphatic heterocycles. The number of fused-ring (bicyclic) bond motifs is 2. The third kappa shape index (κ3) is 2.42. The number of hydrogen-bond donors (Lipinski definition) is 0. The standard InChI is InChI=1S/C20H24N2/c1-21-18-12-13-19(21)15-20(14-18)22(16-8-4-2-5-9-16)17-10-6-3-7-11-17/h2-11,18-20H,12-15H2,1H3/t18-,19+,20?. The van der Waals surface area contributed by atoms with E-state index < -0.39 is 0 Å². The average molecular weight is 292 g/mol. The molecule has 2 aromatic rings. The summed E-state index contributed by atoms with van der Waals surface area (Å²) in [5, 5.41) is 0. The summed E-state index contributed by atoms with van der Waals surface area (Å²) in [6, 6.07) is 23.9. The molecule has 2 fully saturated rings. The van der Waals surface area contributed by atoms with Crippen LogP contribution >= 0.6 is 0 Å². The van der Waals surface area contributed by atoms with Gasteiger partial charge in [-0.1, -0.05) is 36.4 Å². The summed E-state index contributed by atoms with van der Waals surface area (Å²) >= 11 is 0. The van der Waals surface area contributed by atoms with E-state index >= 15 is 0 Å². The van der Waals surface area contributed by atoms with Crippen molar-refractivity contribution in [3.8, 4) is 0 Å². The maximum atomic E-state index is 2.62. The molecular weight excluding hydrogens is 268 g/mol. The Morgan fingerprint density at radius 2 is 1.23 bits per heavy atom. The number of para-hydroxylation sites is 2. The van der Waals surface area contributed by atoms with Crippen LogP contribution < -0.4 is 4.90 Å². The van der Waals surface area contributed by atoms with Crippen LogP contribution in [0.15, 0.2) is 60.7 Å². The molecule has 0 aliphatic carbocycles. The Labute approximate surface area is 133 Å². The molecule has 2 heterocycles. The van der Waals surface area contributed by atoms with E-state index in [-0.39, 0.29) is 0 Å². The zero-order valence-electron chi connectivity index (χ0n) is 13.2. The van der Waals surface area contributed by atoms with Crippen molar-refractivity contribution in [2.45, 2.75) is 43.8 Å². The molecule has 0 amide bonds. The van der Waals surface area contributed by atoms with E-state index in [0.717, 1.165) is 12.1 Å². The second-order valence-corrected chi connectivity index (χ2v) is 6.72.